The number of carboxylic acids is 2. The number of nitrogens with zero attached hydrogens (tertiary/aromatic N) is 2. The average molecular weight is 528 g/mol. The first kappa shape index (κ1) is 26.8. The summed E-state index contributed by atoms with van der Waals surface area (Å²) in [7, 11) is 0. The molecule has 14 heteroatoms. The van der Waals surface area contributed by atoms with Crippen LogP contribution in [0.3, 0.4) is 0 Å². The lowest BCUT2D eigenvalue weighted by Gasteiger charge is -2.31. The molecular weight excluding hydrogens is 504 g/mol. The third-order valence-electron chi connectivity index (χ3n) is 6.21. The fourth-order valence-electron chi connectivity index (χ4n) is 4.26. The minimum absolute atomic E-state index is 0.127. The fraction of sp³-hybridized carbons (Fsp3) is 0.333. The van der Waals surface area contributed by atoms with Crippen molar-refractivity contribution in [3.05, 3.63) is 46.5 Å². The number of ether oxygens (including phenoxy) is 2. The van der Waals surface area contributed by atoms with Crippen LogP contribution in [0.5, 0.6) is 0 Å². The number of aliphatic carboxylic acids is 2. The lowest BCUT2D eigenvalue weighted by molar-refractivity contribution is -0.141. The van der Waals surface area contributed by atoms with Gasteiger partial charge in [0.1, 0.15) is 12.1 Å². The Bertz CT molecular complexity index is 1200. The van der Waals surface area contributed by atoms with Crippen LogP contribution in [0.2, 0.25) is 0 Å². The predicted molar refractivity (Wildman–Crippen MR) is 128 cm³/mol. The van der Waals surface area contributed by atoms with Crippen LogP contribution in [-0.2, 0) is 19.1 Å². The van der Waals surface area contributed by atoms with Gasteiger partial charge in [-0.3, -0.25) is 38.6 Å². The summed E-state index contributed by atoms with van der Waals surface area (Å²) in [4.78, 5) is 76.2. The van der Waals surface area contributed by atoms with Gasteiger partial charge in [-0.15, -0.1) is 0 Å². The maximum absolute atomic E-state index is 13.2. The molecule has 38 heavy (non-hydrogen) atoms. The van der Waals surface area contributed by atoms with E-state index in [0.29, 0.717) is 0 Å². The van der Waals surface area contributed by atoms with Crippen molar-refractivity contribution in [1.29, 1.82) is 0 Å². The molecule has 0 saturated heterocycles. The molecule has 2 aliphatic rings. The Hall–Kier alpha value is -4.24. The van der Waals surface area contributed by atoms with Gasteiger partial charge in [-0.05, 0) is 24.3 Å². The molecule has 0 saturated carbocycles. The lowest BCUT2D eigenvalue weighted by atomic mass is 9.86. The number of benzene rings is 2. The third kappa shape index (κ3) is 4.72. The molecule has 2 atom stereocenters. The van der Waals surface area contributed by atoms with Gasteiger partial charge in [0.2, 0.25) is 0 Å². The molecule has 200 valence electrons. The Morgan fingerprint density at radius 2 is 0.947 bits per heavy atom. The smallest absolute Gasteiger partial charge is 0.322 e. The van der Waals surface area contributed by atoms with E-state index in [2.05, 4.69) is 0 Å². The number of carboxylic acid groups (broad SMARTS) is 2. The summed E-state index contributed by atoms with van der Waals surface area (Å²) < 4.78 is 10.4. The predicted octanol–water partition coefficient (Wildman–Crippen LogP) is -1.11. The van der Waals surface area contributed by atoms with Crippen LogP contribution in [0, 0.1) is 0 Å². The van der Waals surface area contributed by atoms with Gasteiger partial charge in [-0.1, -0.05) is 0 Å². The second kappa shape index (κ2) is 10.6. The Morgan fingerprint density at radius 3 is 1.21 bits per heavy atom. The van der Waals surface area contributed by atoms with E-state index in [-0.39, 0.29) is 72.5 Å². The molecule has 4 amide bonds. The highest BCUT2D eigenvalue weighted by Crippen LogP contribution is 2.37. The topological polar surface area (TPSA) is 220 Å². The van der Waals surface area contributed by atoms with Gasteiger partial charge in [0.25, 0.3) is 23.6 Å². The molecule has 0 aromatic heterocycles. The number of carbonyl (C=O) groups is 6. The number of nitrogens with two attached hydrogens (primary N) is 2. The van der Waals surface area contributed by atoms with Crippen LogP contribution >= 0.6 is 0 Å². The van der Waals surface area contributed by atoms with E-state index in [1.807, 2.05) is 0 Å². The minimum Gasteiger partial charge on any atom is -0.480 e. The van der Waals surface area contributed by atoms with Crippen molar-refractivity contribution in [2.24, 2.45) is 11.5 Å². The lowest BCUT2D eigenvalue weighted by Crippen LogP contribution is -2.45. The average Bonchev–Trinajstić information content (AvgIpc) is 2.88. The molecule has 2 unspecified atom stereocenters. The molecular formula is C24H24N4O10. The first-order valence-corrected chi connectivity index (χ1v) is 11.5. The zero-order valence-corrected chi connectivity index (χ0v) is 19.9. The first-order valence-electron chi connectivity index (χ1n) is 11.5. The molecule has 0 bridgehead atoms. The van der Waals surface area contributed by atoms with Gasteiger partial charge in [0.05, 0.1) is 39.5 Å². The molecule has 2 heterocycles. The summed E-state index contributed by atoms with van der Waals surface area (Å²) in [6.07, 6.45) is 0. The summed E-state index contributed by atoms with van der Waals surface area (Å²) in [6.45, 7) is -1.21. The Kier molecular flexibility index (Phi) is 7.50. The van der Waals surface area contributed by atoms with Crippen molar-refractivity contribution in [2.45, 2.75) is 12.1 Å². The molecule has 0 spiro atoms. The maximum atomic E-state index is 13.2. The molecule has 4 rings (SSSR count). The quantitative estimate of drug-likeness (QED) is 0.190. The van der Waals surface area contributed by atoms with E-state index >= 15 is 0 Å². The molecule has 14 nitrogen and oxygen atoms in total. The van der Waals surface area contributed by atoms with Crippen LogP contribution in [0.1, 0.15) is 41.4 Å². The van der Waals surface area contributed by atoms with Crippen LogP contribution in [0.15, 0.2) is 24.3 Å². The van der Waals surface area contributed by atoms with Gasteiger partial charge in [-0.25, -0.2) is 0 Å². The van der Waals surface area contributed by atoms with Gasteiger partial charge in [0.15, 0.2) is 0 Å². The molecule has 6 N–H and O–H groups in total. The fourth-order valence-corrected chi connectivity index (χ4v) is 4.26. The van der Waals surface area contributed by atoms with Gasteiger partial charge in [0, 0.05) is 33.0 Å². The summed E-state index contributed by atoms with van der Waals surface area (Å²) in [5, 5.41) is 18.0. The van der Waals surface area contributed by atoms with E-state index in [9.17, 15) is 28.8 Å². The number of hydrogen-bond acceptors (Lipinski definition) is 10. The van der Waals surface area contributed by atoms with Gasteiger partial charge in [-0.2, -0.15) is 0 Å². The zero-order chi connectivity index (χ0) is 27.7. The van der Waals surface area contributed by atoms with Crippen molar-refractivity contribution in [3.63, 3.8) is 0 Å². The van der Waals surface area contributed by atoms with E-state index in [1.165, 1.54) is 24.3 Å². The van der Waals surface area contributed by atoms with Gasteiger partial charge < -0.3 is 31.2 Å². The molecule has 0 radical (unpaired) electrons. The highest BCUT2D eigenvalue weighted by atomic mass is 16.5. The van der Waals surface area contributed by atoms with Crippen molar-refractivity contribution in [1.82, 2.24) is 9.80 Å². The number of carbonyl (C=O) groups excluding carboxylic acids is 4. The van der Waals surface area contributed by atoms with E-state index < -0.39 is 47.7 Å². The monoisotopic (exact) mass is 528 g/mol. The standard InChI is InChI=1S/C24H24N4O10/c25-15(23(33)34)9-37-7-5-27-19(29)11-1-2-12-18-14(4-3-13(17(11)18)21(27)31)22(32)28(20(12)30)6-8-38-10-16(26)24(35)36/h1-4,15-16H,5-10,25-26H2,(H,33,34)(H,35,36). The van der Waals surface area contributed by atoms with E-state index in [1.54, 1.807) is 0 Å². The summed E-state index contributed by atoms with van der Waals surface area (Å²) in [5.74, 6) is -5.10. The highest BCUT2D eigenvalue weighted by molar-refractivity contribution is 6.33. The Morgan fingerprint density at radius 1 is 0.658 bits per heavy atom. The number of amides is 4. The van der Waals surface area contributed by atoms with Crippen molar-refractivity contribution < 1.29 is 48.5 Å². The van der Waals surface area contributed by atoms with E-state index in [4.69, 9.17) is 31.2 Å². The number of rotatable bonds is 12. The minimum atomic E-state index is -1.25. The van der Waals surface area contributed by atoms with Crippen molar-refractivity contribution in [2.75, 3.05) is 39.5 Å². The summed E-state index contributed by atoms with van der Waals surface area (Å²) >= 11 is 0. The molecule has 0 aliphatic carbocycles. The summed E-state index contributed by atoms with van der Waals surface area (Å²) in [6, 6.07) is 3.13. The highest BCUT2D eigenvalue weighted by Gasteiger charge is 2.39. The SMILES string of the molecule is NC(COCCN1C(=O)c2ccc3c4c(ccc(c24)C1=O)C(=O)N(CCOCC(N)C(=O)O)C3=O)C(=O)O. The van der Waals surface area contributed by atoms with Gasteiger partial charge >= 0.3 is 11.9 Å². The number of imide groups is 2. The van der Waals surface area contributed by atoms with Crippen LogP contribution in [-0.4, -0.2) is 107 Å². The van der Waals surface area contributed by atoms with Crippen LogP contribution < -0.4 is 11.5 Å². The second-order valence-corrected chi connectivity index (χ2v) is 8.63. The van der Waals surface area contributed by atoms with Crippen molar-refractivity contribution >= 4 is 46.3 Å². The number of hydrogen-bond donors (Lipinski definition) is 4. The molecule has 2 aliphatic heterocycles. The first-order chi connectivity index (χ1) is 18.0. The van der Waals surface area contributed by atoms with Crippen LogP contribution in [0.4, 0.5) is 0 Å². The maximum Gasteiger partial charge on any atom is 0.322 e. The third-order valence-corrected chi connectivity index (χ3v) is 6.21. The second-order valence-electron chi connectivity index (χ2n) is 8.63. The molecule has 0 fully saturated rings. The largest absolute Gasteiger partial charge is 0.480 e. The Balaban J connectivity index is 1.55. The van der Waals surface area contributed by atoms with E-state index in [0.717, 1.165) is 9.80 Å². The zero-order valence-electron chi connectivity index (χ0n) is 19.9. The Labute approximate surface area is 214 Å². The normalized spacial score (nSPS) is 16.3. The summed E-state index contributed by atoms with van der Waals surface area (Å²) in [5.41, 5.74) is 11.3. The van der Waals surface area contributed by atoms with Crippen LogP contribution in [0.25, 0.3) is 10.8 Å². The van der Waals surface area contributed by atoms with Crippen molar-refractivity contribution in [3.8, 4) is 0 Å². The molecule has 2 aromatic carbocycles. The molecule has 2 aromatic rings.